The minimum absolute atomic E-state index is 0.146. The average molecular weight is 1500 g/mol. The Labute approximate surface area is 422 Å². The molecule has 24 heteroatoms. The number of halogens is 6. The molecule has 59 heavy (non-hydrogen) atoms. The molecule has 0 fully saturated rings. The van der Waals surface area contributed by atoms with Crippen LogP contribution >= 0.6 is 136 Å². The number of amides is 3. The number of aliphatic hydroxyl groups is 6. The summed E-state index contributed by atoms with van der Waals surface area (Å²) in [5, 5.41) is 66.1. The Morgan fingerprint density at radius 2 is 0.898 bits per heavy atom. The third-order valence-electron chi connectivity index (χ3n) is 8.40. The van der Waals surface area contributed by atoms with Gasteiger partial charge >= 0.3 is 0 Å². The number of aliphatic hydroxyl groups excluding tert-OH is 6. The highest BCUT2D eigenvalue weighted by molar-refractivity contribution is 14.1. The number of hydrogen-bond acceptors (Lipinski definition) is 15. The molecule has 2 aromatic rings. The number of rotatable bonds is 24. The van der Waals surface area contributed by atoms with Crippen LogP contribution in [0.2, 0.25) is 0 Å². The van der Waals surface area contributed by atoms with Crippen molar-refractivity contribution in [1.29, 1.82) is 0 Å². The highest BCUT2D eigenvalue weighted by Crippen LogP contribution is 2.38. The normalized spacial score (nSPS) is 12.1. The molecule has 0 spiro atoms. The Morgan fingerprint density at radius 3 is 1.27 bits per heavy atom. The van der Waals surface area contributed by atoms with Crippen molar-refractivity contribution in [2.75, 3.05) is 104 Å². The van der Waals surface area contributed by atoms with Crippen LogP contribution in [0.5, 0.6) is 0 Å². The number of anilines is 2. The summed E-state index contributed by atoms with van der Waals surface area (Å²) >= 11 is 11.6. The Kier molecular flexibility index (Phi) is 24.4. The van der Waals surface area contributed by atoms with Gasteiger partial charge in [0.1, 0.15) is 13.2 Å². The van der Waals surface area contributed by atoms with Gasteiger partial charge in [0.05, 0.1) is 83.8 Å². The van der Waals surface area contributed by atoms with E-state index in [0.29, 0.717) is 39.2 Å². The second-order valence-electron chi connectivity index (χ2n) is 13.0. The van der Waals surface area contributed by atoms with E-state index in [4.69, 9.17) is 0 Å². The van der Waals surface area contributed by atoms with Crippen molar-refractivity contribution in [2.45, 2.75) is 18.6 Å². The van der Waals surface area contributed by atoms with Crippen molar-refractivity contribution in [3.8, 4) is 0 Å². The van der Waals surface area contributed by atoms with E-state index < -0.39 is 67.9 Å². The Bertz CT molecular complexity index is 1910. The van der Waals surface area contributed by atoms with Crippen LogP contribution in [0.3, 0.4) is 0 Å². The zero-order chi connectivity index (χ0) is 44.9. The van der Waals surface area contributed by atoms with Crippen molar-refractivity contribution in [3.05, 3.63) is 43.7 Å². The molecule has 328 valence electrons. The summed E-state index contributed by atoms with van der Waals surface area (Å²) < 4.78 is 2.37. The molecule has 0 heterocycles. The van der Waals surface area contributed by atoms with Crippen molar-refractivity contribution < 1.29 is 59.4 Å². The predicted octanol–water partition coefficient (Wildman–Crippen LogP) is 1.05. The van der Waals surface area contributed by atoms with E-state index in [-0.39, 0.29) is 73.9 Å². The molecule has 3 amide bonds. The maximum absolute atomic E-state index is 14.0. The molecule has 0 aliphatic heterocycles. The van der Waals surface area contributed by atoms with E-state index in [1.54, 1.807) is 7.05 Å². The molecule has 2 unspecified atom stereocenters. The lowest BCUT2D eigenvalue weighted by Crippen LogP contribution is -2.38. The van der Waals surface area contributed by atoms with Gasteiger partial charge in [-0.3, -0.25) is 28.8 Å². The predicted molar refractivity (Wildman–Crippen MR) is 269 cm³/mol. The first-order chi connectivity index (χ1) is 27.7. The van der Waals surface area contributed by atoms with Gasteiger partial charge in [-0.25, -0.2) is 0 Å². The molecule has 2 atom stereocenters. The van der Waals surface area contributed by atoms with Crippen LogP contribution in [0.15, 0.2) is 0 Å². The molecular weight excluding hydrogens is 1460 g/mol. The van der Waals surface area contributed by atoms with Crippen LogP contribution in [0.1, 0.15) is 47.9 Å². The summed E-state index contributed by atoms with van der Waals surface area (Å²) in [5.74, 6) is -2.91. The fourth-order valence-electron chi connectivity index (χ4n) is 5.25. The SMILES string of the molecule is CN(CC(O)CO)C(=O)c1c(I)c(NCC(=O)CO)c(I)c(C(=O)CNCCCN(C)C(=O)c2c(I)c(NCC(=O)CO)c(I)c(C(=O)N(C)CC(O)CO)c2I)c1I. The number of benzene rings is 2. The van der Waals surface area contributed by atoms with Crippen LogP contribution in [0.25, 0.3) is 0 Å². The van der Waals surface area contributed by atoms with Crippen LogP contribution in [0.4, 0.5) is 11.4 Å². The summed E-state index contributed by atoms with van der Waals surface area (Å²) in [7, 11) is 4.47. The van der Waals surface area contributed by atoms with Crippen molar-refractivity contribution in [1.82, 2.24) is 20.0 Å². The molecule has 0 radical (unpaired) electrons. The molecule has 0 saturated carbocycles. The maximum Gasteiger partial charge on any atom is 0.255 e. The van der Waals surface area contributed by atoms with E-state index in [2.05, 4.69) is 16.0 Å². The molecule has 9 N–H and O–H groups in total. The molecule has 0 aliphatic rings. The number of ketones is 3. The van der Waals surface area contributed by atoms with Crippen molar-refractivity contribution in [2.24, 2.45) is 0 Å². The van der Waals surface area contributed by atoms with Gasteiger partial charge in [-0.2, -0.15) is 0 Å². The lowest BCUT2D eigenvalue weighted by atomic mass is 10.0. The molecule has 0 saturated heterocycles. The van der Waals surface area contributed by atoms with Crippen molar-refractivity contribution in [3.63, 3.8) is 0 Å². The molecule has 0 aliphatic carbocycles. The zero-order valence-electron chi connectivity index (χ0n) is 31.9. The number of nitrogens with one attached hydrogen (secondary N) is 3. The lowest BCUT2D eigenvalue weighted by molar-refractivity contribution is -0.120. The average Bonchev–Trinajstić information content (AvgIpc) is 3.19. The first-order valence-electron chi connectivity index (χ1n) is 17.4. The summed E-state index contributed by atoms with van der Waals surface area (Å²) in [4.78, 5) is 83.0. The maximum atomic E-state index is 14.0. The van der Waals surface area contributed by atoms with Gasteiger partial charge in [0.2, 0.25) is 0 Å². The van der Waals surface area contributed by atoms with Crippen LogP contribution in [0, 0.1) is 21.4 Å². The number of Topliss-reactive ketones (excluding diaryl/α,β-unsaturated/α-hetero) is 3. The van der Waals surface area contributed by atoms with Crippen LogP contribution in [-0.4, -0.2) is 186 Å². The highest BCUT2D eigenvalue weighted by atomic mass is 127. The van der Waals surface area contributed by atoms with Crippen LogP contribution in [-0.2, 0) is 9.59 Å². The van der Waals surface area contributed by atoms with E-state index >= 15 is 0 Å². The topological polar surface area (TPSA) is 270 Å². The second kappa shape index (κ2) is 26.4. The lowest BCUT2D eigenvalue weighted by Gasteiger charge is -2.26. The molecule has 18 nitrogen and oxygen atoms in total. The van der Waals surface area contributed by atoms with E-state index in [9.17, 15) is 59.4 Å². The van der Waals surface area contributed by atoms with Gasteiger partial charge < -0.3 is 61.3 Å². The van der Waals surface area contributed by atoms with Gasteiger partial charge in [-0.15, -0.1) is 0 Å². The fraction of sp³-hybridized carbons (Fsp3) is 0.486. The summed E-state index contributed by atoms with van der Waals surface area (Å²) in [6.07, 6.45) is -2.00. The first-order valence-corrected chi connectivity index (χ1v) is 23.9. The Morgan fingerprint density at radius 1 is 0.542 bits per heavy atom. The molecule has 2 rings (SSSR count). The first kappa shape index (κ1) is 54.7. The third kappa shape index (κ3) is 14.8. The summed E-state index contributed by atoms with van der Waals surface area (Å²) in [5.41, 5.74) is 1.37. The van der Waals surface area contributed by atoms with E-state index in [1.807, 2.05) is 136 Å². The molecule has 2 aromatic carbocycles. The monoisotopic (exact) mass is 1500 g/mol. The van der Waals surface area contributed by atoms with Crippen molar-refractivity contribution >= 4 is 182 Å². The number of carbonyl (C=O) groups excluding carboxylic acids is 6. The number of carbonyl (C=O) groups is 6. The van der Waals surface area contributed by atoms with E-state index in [0.717, 1.165) is 0 Å². The van der Waals surface area contributed by atoms with Gasteiger partial charge in [0, 0.05) is 57.1 Å². The Hall–Kier alpha value is -0.440. The van der Waals surface area contributed by atoms with Gasteiger partial charge in [-0.1, -0.05) is 0 Å². The standard InChI is InChI=1S/C35H44I6N6O12/c1-45(33(57)23-26(37)24(35(59)47(3)11-19(55)15-51)30(41)32(29(23)40)44-8-17(53)13-49)6-4-5-42-9-20(56)21-25(36)22(34(58)46(2)10-18(54)14-50)28(39)31(27(21)38)43-7-16(52)12-48/h18-19,42-44,48-51,54-55H,4-15H2,1-3H3. The van der Waals surface area contributed by atoms with Crippen LogP contribution < -0.4 is 16.0 Å². The number of likely N-dealkylation sites (N-methyl/N-ethyl adjacent to an activating group) is 2. The third-order valence-corrected chi connectivity index (χ3v) is 14.9. The van der Waals surface area contributed by atoms with Gasteiger partial charge in [-0.05, 0) is 149 Å². The van der Waals surface area contributed by atoms with E-state index in [1.165, 1.54) is 28.8 Å². The Balaban J connectivity index is 2.36. The minimum atomic E-state index is -1.20. The summed E-state index contributed by atoms with van der Waals surface area (Å²) in [6.45, 7) is -3.12. The second-order valence-corrected chi connectivity index (χ2v) is 19.4. The number of hydrogen-bond donors (Lipinski definition) is 9. The van der Waals surface area contributed by atoms with Gasteiger partial charge in [0.25, 0.3) is 17.7 Å². The zero-order valence-corrected chi connectivity index (χ0v) is 44.8. The highest BCUT2D eigenvalue weighted by Gasteiger charge is 2.32. The minimum Gasteiger partial charge on any atom is -0.394 e. The quantitative estimate of drug-likeness (QED) is 0.0404. The molecular formula is C35H44I6N6O12. The summed E-state index contributed by atoms with van der Waals surface area (Å²) in [6, 6.07) is 0. The largest absolute Gasteiger partial charge is 0.394 e. The fourth-order valence-corrected chi connectivity index (χ4v) is 14.3. The molecule has 0 bridgehead atoms. The van der Waals surface area contributed by atoms with Gasteiger partial charge in [0.15, 0.2) is 17.3 Å². The molecule has 0 aromatic heterocycles. The smallest absolute Gasteiger partial charge is 0.255 e. The number of nitrogens with zero attached hydrogens (tertiary/aromatic N) is 3.